The summed E-state index contributed by atoms with van der Waals surface area (Å²) in [6.07, 6.45) is 0. The van der Waals surface area contributed by atoms with Crippen LogP contribution in [0.15, 0.2) is 10.9 Å². The van der Waals surface area contributed by atoms with Crippen molar-refractivity contribution in [2.24, 2.45) is 0 Å². The van der Waals surface area contributed by atoms with E-state index in [1.807, 2.05) is 13.8 Å². The second-order valence-electron chi connectivity index (χ2n) is 3.19. The fourth-order valence-electron chi connectivity index (χ4n) is 1.17. The molecular weight excluding hydrogens is 200 g/mol. The van der Waals surface area contributed by atoms with Gasteiger partial charge in [0.15, 0.2) is 0 Å². The highest BCUT2D eigenvalue weighted by Gasteiger charge is 2.19. The van der Waals surface area contributed by atoms with Crippen molar-refractivity contribution < 1.29 is 9.90 Å². The second kappa shape index (κ2) is 5.07. The van der Waals surface area contributed by atoms with Crippen LogP contribution in [0.2, 0.25) is 0 Å². The quantitative estimate of drug-likeness (QED) is 0.813. The summed E-state index contributed by atoms with van der Waals surface area (Å²) >= 11 is 1.39. The molecule has 1 heterocycles. The van der Waals surface area contributed by atoms with E-state index in [4.69, 9.17) is 5.11 Å². The van der Waals surface area contributed by atoms with Crippen LogP contribution in [-0.2, 0) is 0 Å². The van der Waals surface area contributed by atoms with Gasteiger partial charge in [0.05, 0.1) is 12.1 Å². The Hall–Kier alpha value is -0.940. The second-order valence-corrected chi connectivity index (χ2v) is 3.91. The van der Waals surface area contributed by atoms with Gasteiger partial charge in [0, 0.05) is 18.0 Å². The van der Waals surface area contributed by atoms with Crippen LogP contribution >= 0.6 is 11.3 Å². The highest BCUT2D eigenvalue weighted by atomic mass is 32.1. The van der Waals surface area contributed by atoms with E-state index < -0.39 is 0 Å². The number of thiazole rings is 1. The number of aliphatic hydroxyl groups is 1. The number of aliphatic hydroxyl groups excluding tert-OH is 1. The van der Waals surface area contributed by atoms with Gasteiger partial charge in [-0.1, -0.05) is 0 Å². The van der Waals surface area contributed by atoms with Crippen molar-refractivity contribution in [1.29, 1.82) is 0 Å². The van der Waals surface area contributed by atoms with E-state index in [1.54, 1.807) is 15.8 Å². The van der Waals surface area contributed by atoms with Gasteiger partial charge in [-0.2, -0.15) is 0 Å². The van der Waals surface area contributed by atoms with Crippen LogP contribution in [0.5, 0.6) is 0 Å². The van der Waals surface area contributed by atoms with Crippen molar-refractivity contribution in [2.75, 3.05) is 13.2 Å². The first-order valence-electron chi connectivity index (χ1n) is 4.46. The third kappa shape index (κ3) is 2.52. The molecule has 1 amide bonds. The first-order valence-corrected chi connectivity index (χ1v) is 5.41. The average molecular weight is 214 g/mol. The molecule has 1 rings (SSSR count). The zero-order valence-electron chi connectivity index (χ0n) is 8.30. The molecule has 0 atom stereocenters. The average Bonchev–Trinajstić information content (AvgIpc) is 2.65. The maximum atomic E-state index is 11.8. The number of hydrogen-bond donors (Lipinski definition) is 1. The molecule has 0 saturated carbocycles. The Balaban J connectivity index is 2.74. The predicted octanol–water partition coefficient (Wildman–Crippen LogP) is 0.986. The van der Waals surface area contributed by atoms with E-state index in [-0.39, 0.29) is 18.6 Å². The van der Waals surface area contributed by atoms with Crippen LogP contribution in [0.3, 0.4) is 0 Å². The number of aromatic nitrogens is 1. The lowest BCUT2D eigenvalue weighted by Gasteiger charge is -2.24. The van der Waals surface area contributed by atoms with Gasteiger partial charge in [0.1, 0.15) is 5.69 Å². The van der Waals surface area contributed by atoms with Gasteiger partial charge >= 0.3 is 0 Å². The molecule has 1 aromatic rings. The minimum absolute atomic E-state index is 0.0198. The van der Waals surface area contributed by atoms with Crippen molar-refractivity contribution >= 4 is 17.2 Å². The van der Waals surface area contributed by atoms with E-state index >= 15 is 0 Å². The van der Waals surface area contributed by atoms with Gasteiger partial charge < -0.3 is 10.0 Å². The smallest absolute Gasteiger partial charge is 0.273 e. The van der Waals surface area contributed by atoms with Gasteiger partial charge in [-0.25, -0.2) is 4.98 Å². The summed E-state index contributed by atoms with van der Waals surface area (Å²) in [5.74, 6) is -0.115. The Morgan fingerprint density at radius 1 is 1.71 bits per heavy atom. The standard InChI is InChI=1S/C9H14N2O2S/c1-7(2)11(3-4-12)9(13)8-5-14-6-10-8/h5-7,12H,3-4H2,1-2H3. The van der Waals surface area contributed by atoms with Gasteiger partial charge in [-0.3, -0.25) is 4.79 Å². The highest BCUT2D eigenvalue weighted by Crippen LogP contribution is 2.08. The number of amides is 1. The number of nitrogens with zero attached hydrogens (tertiary/aromatic N) is 2. The summed E-state index contributed by atoms with van der Waals surface area (Å²) < 4.78 is 0. The molecule has 4 nitrogen and oxygen atoms in total. The minimum Gasteiger partial charge on any atom is -0.395 e. The Bertz CT molecular complexity index is 285. The molecule has 78 valence electrons. The fourth-order valence-corrected chi connectivity index (χ4v) is 1.69. The third-order valence-electron chi connectivity index (χ3n) is 1.88. The Morgan fingerprint density at radius 2 is 2.43 bits per heavy atom. The van der Waals surface area contributed by atoms with Gasteiger partial charge in [-0.05, 0) is 13.8 Å². The van der Waals surface area contributed by atoms with Crippen molar-refractivity contribution in [1.82, 2.24) is 9.88 Å². The molecule has 1 N–H and O–H groups in total. The molecule has 0 unspecified atom stereocenters. The number of carbonyl (C=O) groups excluding carboxylic acids is 1. The van der Waals surface area contributed by atoms with E-state index in [2.05, 4.69) is 4.98 Å². The Morgan fingerprint density at radius 3 is 2.86 bits per heavy atom. The van der Waals surface area contributed by atoms with Crippen molar-refractivity contribution in [3.05, 3.63) is 16.6 Å². The third-order valence-corrected chi connectivity index (χ3v) is 2.46. The van der Waals surface area contributed by atoms with E-state index in [0.717, 1.165) is 0 Å². The predicted molar refractivity (Wildman–Crippen MR) is 55.4 cm³/mol. The van der Waals surface area contributed by atoms with Gasteiger partial charge in [0.25, 0.3) is 5.91 Å². The molecule has 1 aromatic heterocycles. The molecule has 0 saturated heterocycles. The van der Waals surface area contributed by atoms with Crippen LogP contribution in [0.25, 0.3) is 0 Å². The topological polar surface area (TPSA) is 53.4 Å². The molecule has 0 aliphatic rings. The maximum Gasteiger partial charge on any atom is 0.273 e. The lowest BCUT2D eigenvalue weighted by Crippen LogP contribution is -2.39. The van der Waals surface area contributed by atoms with Crippen LogP contribution in [-0.4, -0.2) is 40.1 Å². The number of carbonyl (C=O) groups is 1. The van der Waals surface area contributed by atoms with Gasteiger partial charge in [-0.15, -0.1) is 11.3 Å². The van der Waals surface area contributed by atoms with E-state index in [0.29, 0.717) is 12.2 Å². The van der Waals surface area contributed by atoms with Crippen molar-refractivity contribution in [2.45, 2.75) is 19.9 Å². The zero-order valence-corrected chi connectivity index (χ0v) is 9.12. The van der Waals surface area contributed by atoms with Crippen LogP contribution in [0, 0.1) is 0 Å². The summed E-state index contributed by atoms with van der Waals surface area (Å²) in [6.45, 7) is 4.17. The summed E-state index contributed by atoms with van der Waals surface area (Å²) in [4.78, 5) is 17.3. The summed E-state index contributed by atoms with van der Waals surface area (Å²) in [7, 11) is 0. The Labute approximate surface area is 87.2 Å². The number of rotatable bonds is 4. The highest BCUT2D eigenvalue weighted by molar-refractivity contribution is 7.07. The van der Waals surface area contributed by atoms with E-state index in [1.165, 1.54) is 11.3 Å². The maximum absolute atomic E-state index is 11.8. The monoisotopic (exact) mass is 214 g/mol. The molecule has 5 heteroatoms. The molecule has 0 spiro atoms. The molecule has 0 aromatic carbocycles. The first kappa shape index (κ1) is 11.1. The lowest BCUT2D eigenvalue weighted by atomic mass is 10.3. The summed E-state index contributed by atoms with van der Waals surface area (Å²) in [6, 6.07) is 0.0800. The summed E-state index contributed by atoms with van der Waals surface area (Å²) in [5, 5.41) is 10.5. The van der Waals surface area contributed by atoms with Crippen LogP contribution in [0.1, 0.15) is 24.3 Å². The molecular formula is C9H14N2O2S. The Kier molecular flexibility index (Phi) is 4.03. The van der Waals surface area contributed by atoms with Crippen molar-refractivity contribution in [3.63, 3.8) is 0 Å². The largest absolute Gasteiger partial charge is 0.395 e. The zero-order chi connectivity index (χ0) is 10.6. The lowest BCUT2D eigenvalue weighted by molar-refractivity contribution is 0.0660. The molecule has 0 radical (unpaired) electrons. The van der Waals surface area contributed by atoms with Crippen LogP contribution in [0.4, 0.5) is 0 Å². The minimum atomic E-state index is -0.115. The fraction of sp³-hybridized carbons (Fsp3) is 0.556. The SMILES string of the molecule is CC(C)N(CCO)C(=O)c1cscn1. The molecule has 0 fully saturated rings. The van der Waals surface area contributed by atoms with Crippen molar-refractivity contribution in [3.8, 4) is 0 Å². The van der Waals surface area contributed by atoms with Crippen LogP contribution < -0.4 is 0 Å². The summed E-state index contributed by atoms with van der Waals surface area (Å²) in [5.41, 5.74) is 2.09. The van der Waals surface area contributed by atoms with Gasteiger partial charge in [0.2, 0.25) is 0 Å². The first-order chi connectivity index (χ1) is 6.66. The van der Waals surface area contributed by atoms with E-state index in [9.17, 15) is 4.79 Å². The molecule has 0 bridgehead atoms. The molecule has 0 aliphatic heterocycles. The molecule has 0 aliphatic carbocycles. The molecule has 14 heavy (non-hydrogen) atoms. The number of hydrogen-bond acceptors (Lipinski definition) is 4. The normalized spacial score (nSPS) is 10.6.